The minimum Gasteiger partial charge on any atom is -0.358 e. The van der Waals surface area contributed by atoms with E-state index in [1.54, 1.807) is 7.05 Å². The Hall–Kier alpha value is -0.280. The highest BCUT2D eigenvalue weighted by Crippen LogP contribution is 2.35. The van der Waals surface area contributed by atoms with Crippen molar-refractivity contribution in [1.29, 1.82) is 0 Å². The zero-order valence-electron chi connectivity index (χ0n) is 5.20. The van der Waals surface area contributed by atoms with Gasteiger partial charge in [-0.15, -0.1) is 0 Å². The fourth-order valence-corrected chi connectivity index (χ4v) is 1.00. The highest BCUT2D eigenvalue weighted by Gasteiger charge is 2.48. The third-order valence-corrected chi connectivity index (χ3v) is 1.95. The van der Waals surface area contributed by atoms with Crippen LogP contribution in [0.15, 0.2) is 0 Å². The lowest BCUT2D eigenvalue weighted by atomic mass is 10.3. The lowest BCUT2D eigenvalue weighted by molar-refractivity contribution is -0.123. The van der Waals surface area contributed by atoms with Crippen molar-refractivity contribution in [3.8, 4) is 0 Å². The molecule has 2 N–H and O–H groups in total. The molecule has 1 fully saturated rings. The highest BCUT2D eigenvalue weighted by molar-refractivity contribution is 6.16. The maximum Gasteiger partial charge on any atom is 0.241 e. The van der Waals surface area contributed by atoms with Crippen molar-refractivity contribution < 1.29 is 4.79 Å². The molecule has 52 valence electrons. The molecule has 0 aliphatic heterocycles. The van der Waals surface area contributed by atoms with Crippen LogP contribution in [0.4, 0.5) is 0 Å². The van der Waals surface area contributed by atoms with E-state index < -0.39 is 5.54 Å². The largest absolute Gasteiger partial charge is 0.358 e. The van der Waals surface area contributed by atoms with Gasteiger partial charge >= 0.3 is 0 Å². The number of likely N-dealkylation sites (N-methyl/N-ethyl adjacent to an activating group) is 1. The highest BCUT2D eigenvalue weighted by atomic mass is 35.5. The first-order valence-electron chi connectivity index (χ1n) is 2.85. The molecule has 0 heterocycles. The van der Waals surface area contributed by atoms with Crippen LogP contribution in [0, 0.1) is 0 Å². The zero-order chi connectivity index (χ0) is 6.91. The Morgan fingerprint density at radius 3 is 2.33 bits per heavy atom. The second-order valence-electron chi connectivity index (χ2n) is 2.26. The molecule has 0 atom stereocenters. The van der Waals surface area contributed by atoms with Crippen molar-refractivity contribution in [3.63, 3.8) is 0 Å². The lowest BCUT2D eigenvalue weighted by Crippen LogP contribution is -2.40. The third-order valence-electron chi connectivity index (χ3n) is 1.59. The van der Waals surface area contributed by atoms with Gasteiger partial charge in [-0.25, -0.2) is 4.84 Å². The summed E-state index contributed by atoms with van der Waals surface area (Å²) in [7, 11) is 1.61. The summed E-state index contributed by atoms with van der Waals surface area (Å²) >= 11 is 5.32. The number of rotatable bonds is 2. The Balaban J connectivity index is 2.49. The van der Waals surface area contributed by atoms with E-state index in [1.807, 2.05) is 0 Å². The molecular weight excluding hydrogens is 140 g/mol. The molecule has 0 bridgehead atoms. The van der Waals surface area contributed by atoms with E-state index in [1.165, 1.54) is 0 Å². The predicted molar refractivity (Wildman–Crippen MR) is 35.0 cm³/mol. The molecule has 1 aliphatic rings. The summed E-state index contributed by atoms with van der Waals surface area (Å²) in [6.07, 6.45) is 1.69. The number of nitrogens with one attached hydrogen (secondary N) is 2. The van der Waals surface area contributed by atoms with Gasteiger partial charge in [-0.05, 0) is 24.6 Å². The first-order valence-corrected chi connectivity index (χ1v) is 3.23. The average Bonchev–Trinajstić information content (AvgIpc) is 2.66. The lowest BCUT2D eigenvalue weighted by Gasteiger charge is -2.08. The third kappa shape index (κ3) is 1.02. The molecule has 0 saturated heterocycles. The minimum atomic E-state index is -0.434. The number of hydrogen-bond donors (Lipinski definition) is 2. The molecule has 0 unspecified atom stereocenters. The summed E-state index contributed by atoms with van der Waals surface area (Å²) in [5.74, 6) is -0.0162. The smallest absolute Gasteiger partial charge is 0.241 e. The molecule has 1 aliphatic carbocycles. The number of carbonyl (C=O) groups excluding carboxylic acids is 1. The Morgan fingerprint density at radius 1 is 1.67 bits per heavy atom. The van der Waals surface area contributed by atoms with Crippen LogP contribution in [0.25, 0.3) is 0 Å². The van der Waals surface area contributed by atoms with Gasteiger partial charge in [0.25, 0.3) is 0 Å². The van der Waals surface area contributed by atoms with E-state index in [4.69, 9.17) is 11.8 Å². The fourth-order valence-electron chi connectivity index (χ4n) is 0.729. The maximum atomic E-state index is 10.9. The van der Waals surface area contributed by atoms with Gasteiger partial charge in [-0.1, -0.05) is 0 Å². The van der Waals surface area contributed by atoms with Crippen molar-refractivity contribution in [1.82, 2.24) is 10.2 Å². The van der Waals surface area contributed by atoms with Crippen LogP contribution in [-0.4, -0.2) is 18.5 Å². The van der Waals surface area contributed by atoms with Crippen LogP contribution in [0.3, 0.4) is 0 Å². The van der Waals surface area contributed by atoms with Gasteiger partial charge in [-0.2, -0.15) is 0 Å². The standard InChI is InChI=1S/C5H9ClN2O/c1-7-4(9)5(8-6)2-3-5/h8H,2-3H2,1H3,(H,7,9). The maximum absolute atomic E-state index is 10.9. The molecule has 3 nitrogen and oxygen atoms in total. The summed E-state index contributed by atoms with van der Waals surface area (Å²) in [4.78, 5) is 13.3. The van der Waals surface area contributed by atoms with E-state index in [2.05, 4.69) is 10.2 Å². The van der Waals surface area contributed by atoms with Crippen molar-refractivity contribution in [2.75, 3.05) is 7.05 Å². The van der Waals surface area contributed by atoms with Gasteiger partial charge < -0.3 is 5.32 Å². The van der Waals surface area contributed by atoms with Crippen molar-refractivity contribution in [3.05, 3.63) is 0 Å². The molecule has 9 heavy (non-hydrogen) atoms. The average molecular weight is 149 g/mol. The second-order valence-corrected chi connectivity index (χ2v) is 2.44. The molecule has 1 amide bonds. The van der Waals surface area contributed by atoms with Crippen LogP contribution >= 0.6 is 11.8 Å². The summed E-state index contributed by atoms with van der Waals surface area (Å²) < 4.78 is 0. The Labute approximate surface area is 58.9 Å². The molecule has 4 heteroatoms. The van der Waals surface area contributed by atoms with Gasteiger partial charge in [-0.3, -0.25) is 4.79 Å². The topological polar surface area (TPSA) is 41.1 Å². The molecule has 0 spiro atoms. The fraction of sp³-hybridized carbons (Fsp3) is 0.800. The minimum absolute atomic E-state index is 0.0162. The van der Waals surface area contributed by atoms with E-state index in [9.17, 15) is 4.79 Å². The molecular formula is C5H9ClN2O. The van der Waals surface area contributed by atoms with Gasteiger partial charge in [0.2, 0.25) is 5.91 Å². The summed E-state index contributed by atoms with van der Waals surface area (Å²) in [6, 6.07) is 0. The van der Waals surface area contributed by atoms with E-state index in [0.29, 0.717) is 0 Å². The van der Waals surface area contributed by atoms with Crippen LogP contribution < -0.4 is 10.2 Å². The predicted octanol–water partition coefficient (Wildman–Crippen LogP) is 0.00840. The normalized spacial score (nSPS) is 21.1. The van der Waals surface area contributed by atoms with E-state index >= 15 is 0 Å². The Bertz CT molecular complexity index is 133. The number of carbonyl (C=O) groups is 1. The molecule has 1 saturated carbocycles. The zero-order valence-corrected chi connectivity index (χ0v) is 5.96. The van der Waals surface area contributed by atoms with Crippen LogP contribution in [-0.2, 0) is 4.79 Å². The van der Waals surface area contributed by atoms with Gasteiger partial charge in [0.05, 0.1) is 0 Å². The van der Waals surface area contributed by atoms with Crippen LogP contribution in [0.2, 0.25) is 0 Å². The van der Waals surface area contributed by atoms with Crippen LogP contribution in [0.1, 0.15) is 12.8 Å². The van der Waals surface area contributed by atoms with E-state index in [0.717, 1.165) is 12.8 Å². The number of amides is 1. The quantitative estimate of drug-likeness (QED) is 0.542. The molecule has 0 aromatic rings. The van der Waals surface area contributed by atoms with Crippen molar-refractivity contribution >= 4 is 17.7 Å². The summed E-state index contributed by atoms with van der Waals surface area (Å²) in [6.45, 7) is 0. The van der Waals surface area contributed by atoms with Gasteiger partial charge in [0.15, 0.2) is 0 Å². The second kappa shape index (κ2) is 2.15. The Kier molecular flexibility index (Phi) is 1.64. The van der Waals surface area contributed by atoms with Crippen LogP contribution in [0.5, 0.6) is 0 Å². The molecule has 0 aromatic carbocycles. The summed E-state index contributed by atoms with van der Waals surface area (Å²) in [5.41, 5.74) is -0.434. The molecule has 0 aromatic heterocycles. The van der Waals surface area contributed by atoms with Gasteiger partial charge in [0, 0.05) is 7.05 Å². The first-order chi connectivity index (χ1) is 4.25. The van der Waals surface area contributed by atoms with Gasteiger partial charge in [0.1, 0.15) is 5.54 Å². The summed E-state index contributed by atoms with van der Waals surface area (Å²) in [5, 5.41) is 2.53. The molecule has 0 radical (unpaired) electrons. The van der Waals surface area contributed by atoms with Crippen molar-refractivity contribution in [2.45, 2.75) is 18.4 Å². The van der Waals surface area contributed by atoms with E-state index in [-0.39, 0.29) is 5.91 Å². The first kappa shape index (κ1) is 6.83. The number of hydrogen-bond acceptors (Lipinski definition) is 2. The molecule has 1 rings (SSSR count). The monoisotopic (exact) mass is 148 g/mol. The van der Waals surface area contributed by atoms with Crippen molar-refractivity contribution in [2.24, 2.45) is 0 Å². The number of halogens is 1. The SMILES string of the molecule is CNC(=O)C1(NCl)CC1. The Morgan fingerprint density at radius 2 is 2.22 bits per heavy atom.